The third kappa shape index (κ3) is 2.81. The van der Waals surface area contributed by atoms with Crippen LogP contribution in [0.25, 0.3) is 11.3 Å². The molecule has 1 aromatic heterocycles. The number of amides is 2. The van der Waals surface area contributed by atoms with Crippen LogP contribution in [0, 0.1) is 23.7 Å². The van der Waals surface area contributed by atoms with E-state index in [4.69, 9.17) is 4.42 Å². The number of carbonyl (C=O) groups excluding carboxylic acids is 3. The first kappa shape index (κ1) is 17.6. The molecule has 4 atom stereocenters. The maximum Gasteiger partial charge on any atom is 0.254 e. The molecule has 2 aromatic rings. The van der Waals surface area contributed by atoms with E-state index < -0.39 is 5.97 Å². The second kappa shape index (κ2) is 6.55. The van der Waals surface area contributed by atoms with Gasteiger partial charge in [-0.15, -0.1) is 0 Å². The quantitative estimate of drug-likeness (QED) is 0.451. The van der Waals surface area contributed by atoms with Gasteiger partial charge in [0.1, 0.15) is 11.5 Å². The van der Waals surface area contributed by atoms with Gasteiger partial charge in [-0.3, -0.25) is 9.59 Å². The van der Waals surface area contributed by atoms with Gasteiger partial charge in [0.25, 0.3) is 11.8 Å². The largest absolute Gasteiger partial charge is 0.545 e. The molecule has 146 valence electrons. The van der Waals surface area contributed by atoms with Crippen LogP contribution in [-0.2, 0) is 9.59 Å². The van der Waals surface area contributed by atoms with E-state index in [9.17, 15) is 19.5 Å². The second-order valence-electron chi connectivity index (χ2n) is 7.64. The molecular weight excluding hydrogens is 372 g/mol. The SMILES string of the molecule is O=C([O-])c1ccc(-c2ccc(/C=N\N3C(=O)[C@@H]4[C@@H](C3=O)[C@H]3C=C[C@H]4CC3)o2)cc1. The molecule has 2 heterocycles. The van der Waals surface area contributed by atoms with Crippen molar-refractivity contribution < 1.29 is 23.9 Å². The van der Waals surface area contributed by atoms with Crippen molar-refractivity contribution in [3.8, 4) is 11.3 Å². The number of rotatable bonds is 4. The molecule has 1 saturated carbocycles. The van der Waals surface area contributed by atoms with E-state index in [1.807, 2.05) is 0 Å². The molecule has 0 radical (unpaired) electrons. The smallest absolute Gasteiger partial charge is 0.254 e. The van der Waals surface area contributed by atoms with Crippen LogP contribution >= 0.6 is 0 Å². The van der Waals surface area contributed by atoms with Gasteiger partial charge in [-0.2, -0.15) is 10.1 Å². The highest BCUT2D eigenvalue weighted by atomic mass is 16.4. The van der Waals surface area contributed by atoms with Gasteiger partial charge in [-0.05, 0) is 42.4 Å². The van der Waals surface area contributed by atoms with Gasteiger partial charge in [0.15, 0.2) is 0 Å². The van der Waals surface area contributed by atoms with E-state index in [2.05, 4.69) is 17.3 Å². The van der Waals surface area contributed by atoms with E-state index in [0.29, 0.717) is 17.1 Å². The Bertz CT molecular complexity index is 1030. The first-order valence-corrected chi connectivity index (χ1v) is 9.54. The average Bonchev–Trinajstić information content (AvgIpc) is 3.32. The van der Waals surface area contributed by atoms with Crippen LogP contribution in [0.3, 0.4) is 0 Å². The zero-order valence-electron chi connectivity index (χ0n) is 15.4. The molecule has 4 aliphatic rings. The number of nitrogens with zero attached hydrogens (tertiary/aromatic N) is 2. The summed E-state index contributed by atoms with van der Waals surface area (Å²) in [5.41, 5.74) is 0.773. The molecule has 29 heavy (non-hydrogen) atoms. The number of imide groups is 1. The molecule has 2 amide bonds. The number of carboxylic acid groups (broad SMARTS) is 1. The van der Waals surface area contributed by atoms with Crippen LogP contribution < -0.4 is 5.11 Å². The maximum absolute atomic E-state index is 12.7. The lowest BCUT2D eigenvalue weighted by atomic mass is 9.63. The Morgan fingerprint density at radius 2 is 1.62 bits per heavy atom. The maximum atomic E-state index is 12.7. The van der Waals surface area contributed by atoms with Gasteiger partial charge < -0.3 is 14.3 Å². The minimum Gasteiger partial charge on any atom is -0.545 e. The number of hydrogen-bond donors (Lipinski definition) is 0. The number of carbonyl (C=O) groups is 3. The third-order valence-corrected chi connectivity index (χ3v) is 6.07. The fourth-order valence-electron chi connectivity index (χ4n) is 4.63. The molecule has 2 fully saturated rings. The summed E-state index contributed by atoms with van der Waals surface area (Å²) in [7, 11) is 0. The van der Waals surface area contributed by atoms with Crippen molar-refractivity contribution in [2.45, 2.75) is 12.8 Å². The number of fused-ring (bicyclic) bond motifs is 1. The van der Waals surface area contributed by atoms with Crippen LogP contribution in [-0.4, -0.2) is 29.0 Å². The average molecular weight is 389 g/mol. The zero-order valence-corrected chi connectivity index (χ0v) is 15.4. The molecule has 0 spiro atoms. The lowest BCUT2D eigenvalue weighted by Crippen LogP contribution is -2.38. The Balaban J connectivity index is 1.34. The minimum atomic E-state index is -1.24. The first-order chi connectivity index (χ1) is 14.0. The Hall–Kier alpha value is -3.48. The summed E-state index contributed by atoms with van der Waals surface area (Å²) in [5, 5.41) is 16.0. The normalized spacial score (nSPS) is 27.8. The lowest BCUT2D eigenvalue weighted by molar-refractivity contribution is -0.255. The van der Waals surface area contributed by atoms with E-state index in [-0.39, 0.29) is 41.0 Å². The molecule has 6 rings (SSSR count). The molecular formula is C22H17N2O5-. The van der Waals surface area contributed by atoms with E-state index in [1.165, 1.54) is 18.3 Å². The molecule has 7 heteroatoms. The Morgan fingerprint density at radius 1 is 1.00 bits per heavy atom. The molecule has 1 aromatic carbocycles. The second-order valence-corrected chi connectivity index (χ2v) is 7.64. The van der Waals surface area contributed by atoms with E-state index >= 15 is 0 Å². The fourth-order valence-corrected chi connectivity index (χ4v) is 4.63. The molecule has 3 aliphatic carbocycles. The van der Waals surface area contributed by atoms with E-state index in [0.717, 1.165) is 17.9 Å². The number of furan rings is 1. The number of hydrogen-bond acceptors (Lipinski definition) is 6. The highest BCUT2D eigenvalue weighted by Crippen LogP contribution is 2.49. The third-order valence-electron chi connectivity index (χ3n) is 6.07. The fraction of sp³-hybridized carbons (Fsp3) is 0.273. The number of hydrazone groups is 1. The molecule has 2 bridgehead atoms. The summed E-state index contributed by atoms with van der Waals surface area (Å²) in [6.07, 6.45) is 7.38. The molecule has 1 aliphatic heterocycles. The predicted molar refractivity (Wildman–Crippen MR) is 100 cm³/mol. The van der Waals surface area contributed by atoms with E-state index in [1.54, 1.807) is 24.3 Å². The predicted octanol–water partition coefficient (Wildman–Crippen LogP) is 1.84. The highest BCUT2D eigenvalue weighted by molar-refractivity contribution is 6.06. The number of carboxylic acids is 1. The van der Waals surface area contributed by atoms with Crippen molar-refractivity contribution in [2.24, 2.45) is 28.8 Å². The monoisotopic (exact) mass is 389 g/mol. The summed E-state index contributed by atoms with van der Waals surface area (Å²) in [5.74, 6) is -1.14. The van der Waals surface area contributed by atoms with Crippen molar-refractivity contribution in [2.75, 3.05) is 0 Å². The topological polar surface area (TPSA) is 103 Å². The van der Waals surface area contributed by atoms with Crippen molar-refractivity contribution >= 4 is 24.0 Å². The Morgan fingerprint density at radius 3 is 2.17 bits per heavy atom. The van der Waals surface area contributed by atoms with Gasteiger partial charge in [-0.25, -0.2) is 0 Å². The number of allylic oxidation sites excluding steroid dienone is 2. The van der Waals surface area contributed by atoms with Crippen LogP contribution in [0.4, 0.5) is 0 Å². The lowest BCUT2D eigenvalue weighted by Gasteiger charge is -2.37. The standard InChI is InChI=1S/C22H18N2O5/c25-20-18-13-3-4-14(6-5-13)19(18)21(26)24(20)23-11-16-9-10-17(29-16)12-1-7-15(8-2-12)22(27)28/h1-4,7-11,13-14,18-19H,5-6H2,(H,27,28)/p-1/b23-11-/t13-,14-,18-,19-/m0/s1. The summed E-state index contributed by atoms with van der Waals surface area (Å²) in [6, 6.07) is 9.50. The zero-order chi connectivity index (χ0) is 20.1. The Labute approximate surface area is 166 Å². The highest BCUT2D eigenvalue weighted by Gasteiger charge is 2.56. The van der Waals surface area contributed by atoms with Crippen LogP contribution in [0.15, 0.2) is 58.1 Å². The van der Waals surface area contributed by atoms with Crippen LogP contribution in [0.1, 0.15) is 29.0 Å². The van der Waals surface area contributed by atoms with Crippen LogP contribution in [0.2, 0.25) is 0 Å². The van der Waals surface area contributed by atoms with Crippen molar-refractivity contribution in [1.82, 2.24) is 5.01 Å². The first-order valence-electron chi connectivity index (χ1n) is 9.54. The van der Waals surface area contributed by atoms with Gasteiger partial charge in [0.05, 0.1) is 24.0 Å². The van der Waals surface area contributed by atoms with Crippen LogP contribution in [0.5, 0.6) is 0 Å². The van der Waals surface area contributed by atoms with Gasteiger partial charge >= 0.3 is 0 Å². The minimum absolute atomic E-state index is 0.0815. The molecule has 0 unspecified atom stereocenters. The summed E-state index contributed by atoms with van der Waals surface area (Å²) in [4.78, 5) is 36.3. The van der Waals surface area contributed by atoms with Crippen molar-refractivity contribution in [3.05, 3.63) is 59.9 Å². The molecule has 0 N–H and O–H groups in total. The van der Waals surface area contributed by atoms with Crippen molar-refractivity contribution in [3.63, 3.8) is 0 Å². The summed E-state index contributed by atoms with van der Waals surface area (Å²) in [6.45, 7) is 0. The molecule has 1 saturated heterocycles. The van der Waals surface area contributed by atoms with Gasteiger partial charge in [-0.1, -0.05) is 36.4 Å². The number of aromatic carboxylic acids is 1. The molecule has 7 nitrogen and oxygen atoms in total. The summed E-state index contributed by atoms with van der Waals surface area (Å²) < 4.78 is 5.70. The van der Waals surface area contributed by atoms with Gasteiger partial charge in [0.2, 0.25) is 0 Å². The van der Waals surface area contributed by atoms with Gasteiger partial charge in [0, 0.05) is 5.56 Å². The Kier molecular flexibility index (Phi) is 3.97. The summed E-state index contributed by atoms with van der Waals surface area (Å²) >= 11 is 0. The number of benzene rings is 1. The van der Waals surface area contributed by atoms with Crippen molar-refractivity contribution in [1.29, 1.82) is 0 Å².